The van der Waals surface area contributed by atoms with Crippen molar-refractivity contribution >= 4 is 27.6 Å². The quantitative estimate of drug-likeness (QED) is 0.783. The summed E-state index contributed by atoms with van der Waals surface area (Å²) < 4.78 is 27.3. The number of carbonyl (C=O) groups excluding carboxylic acids is 2. The number of rotatable bonds is 5. The van der Waals surface area contributed by atoms with Gasteiger partial charge in [-0.3, -0.25) is 9.59 Å². The van der Waals surface area contributed by atoms with Crippen molar-refractivity contribution in [2.45, 2.75) is 37.2 Å². The Labute approximate surface area is 128 Å². The standard InChI is InChI=1S/C14H18N2O5S/c1-9-8-10(14(18)21-9)2-7-13(17)16-11-3-5-12(6-4-11)22(15,19)20/h3-6,9-10H,2,7-8H2,1H3,(H,16,17)(H2,15,19,20). The zero-order chi connectivity index (χ0) is 16.3. The van der Waals surface area contributed by atoms with Crippen LogP contribution >= 0.6 is 0 Å². The predicted molar refractivity (Wildman–Crippen MR) is 79.3 cm³/mol. The predicted octanol–water partition coefficient (Wildman–Crippen LogP) is 1.00. The summed E-state index contributed by atoms with van der Waals surface area (Å²) in [6, 6.07) is 5.56. The lowest BCUT2D eigenvalue weighted by atomic mass is 9.99. The van der Waals surface area contributed by atoms with Crippen LogP contribution in [-0.2, 0) is 24.3 Å². The number of nitrogens with one attached hydrogen (secondary N) is 1. The molecule has 2 atom stereocenters. The number of ether oxygens (including phenoxy) is 1. The van der Waals surface area contributed by atoms with Gasteiger partial charge in [0.15, 0.2) is 0 Å². The van der Waals surface area contributed by atoms with Crippen LogP contribution in [-0.4, -0.2) is 26.4 Å². The SMILES string of the molecule is CC1CC(CCC(=O)Nc2ccc(S(N)(=O)=O)cc2)C(=O)O1. The molecule has 2 unspecified atom stereocenters. The fraction of sp³-hybridized carbons (Fsp3) is 0.429. The number of amides is 1. The molecule has 120 valence electrons. The van der Waals surface area contributed by atoms with Crippen molar-refractivity contribution < 1.29 is 22.7 Å². The molecule has 7 nitrogen and oxygen atoms in total. The first-order valence-corrected chi connectivity index (χ1v) is 8.43. The van der Waals surface area contributed by atoms with Crippen LogP contribution < -0.4 is 10.5 Å². The van der Waals surface area contributed by atoms with Gasteiger partial charge in [-0.2, -0.15) is 0 Å². The Hall–Kier alpha value is -1.93. The molecule has 0 saturated carbocycles. The van der Waals surface area contributed by atoms with Crippen LogP contribution in [0.2, 0.25) is 0 Å². The van der Waals surface area contributed by atoms with Crippen LogP contribution in [0.1, 0.15) is 26.2 Å². The number of carbonyl (C=O) groups is 2. The van der Waals surface area contributed by atoms with Crippen LogP contribution in [0.5, 0.6) is 0 Å². The summed E-state index contributed by atoms with van der Waals surface area (Å²) in [4.78, 5) is 23.3. The highest BCUT2D eigenvalue weighted by atomic mass is 32.2. The molecule has 1 amide bonds. The Morgan fingerprint density at radius 2 is 2.00 bits per heavy atom. The van der Waals surface area contributed by atoms with Crippen LogP contribution in [0.25, 0.3) is 0 Å². The molecule has 8 heteroatoms. The lowest BCUT2D eigenvalue weighted by Gasteiger charge is -2.07. The molecule has 1 fully saturated rings. The summed E-state index contributed by atoms with van der Waals surface area (Å²) >= 11 is 0. The first-order valence-electron chi connectivity index (χ1n) is 6.89. The fourth-order valence-electron chi connectivity index (χ4n) is 2.33. The van der Waals surface area contributed by atoms with Crippen LogP contribution in [0, 0.1) is 5.92 Å². The molecule has 3 N–H and O–H groups in total. The fourth-order valence-corrected chi connectivity index (χ4v) is 2.85. The third-order valence-electron chi connectivity index (χ3n) is 3.45. The van der Waals surface area contributed by atoms with E-state index in [2.05, 4.69) is 5.32 Å². The smallest absolute Gasteiger partial charge is 0.309 e. The average Bonchev–Trinajstić information content (AvgIpc) is 2.74. The number of hydrogen-bond donors (Lipinski definition) is 2. The number of primary sulfonamides is 1. The van der Waals surface area contributed by atoms with E-state index in [1.54, 1.807) is 0 Å². The second kappa shape index (κ2) is 6.45. The van der Waals surface area contributed by atoms with Gasteiger partial charge in [0.05, 0.1) is 16.9 Å². The molecule has 1 aliphatic heterocycles. The highest BCUT2D eigenvalue weighted by Gasteiger charge is 2.31. The van der Waals surface area contributed by atoms with E-state index in [-0.39, 0.29) is 35.2 Å². The van der Waals surface area contributed by atoms with E-state index in [9.17, 15) is 18.0 Å². The number of anilines is 1. The summed E-state index contributed by atoms with van der Waals surface area (Å²) in [5.41, 5.74) is 0.472. The van der Waals surface area contributed by atoms with E-state index in [0.717, 1.165) is 0 Å². The van der Waals surface area contributed by atoms with E-state index < -0.39 is 10.0 Å². The molecule has 22 heavy (non-hydrogen) atoms. The first-order chi connectivity index (χ1) is 10.3. The molecule has 0 aromatic heterocycles. The maximum absolute atomic E-state index is 11.8. The number of esters is 1. The maximum Gasteiger partial charge on any atom is 0.309 e. The van der Waals surface area contributed by atoms with E-state index in [1.165, 1.54) is 24.3 Å². The van der Waals surface area contributed by atoms with E-state index in [0.29, 0.717) is 18.5 Å². The molecular weight excluding hydrogens is 308 g/mol. The first kappa shape index (κ1) is 16.4. The Bertz CT molecular complexity index is 669. The van der Waals surface area contributed by atoms with Gasteiger partial charge < -0.3 is 10.1 Å². The van der Waals surface area contributed by atoms with Crippen molar-refractivity contribution in [3.8, 4) is 0 Å². The van der Waals surface area contributed by atoms with Crippen molar-refractivity contribution in [1.29, 1.82) is 0 Å². The van der Waals surface area contributed by atoms with Gasteiger partial charge in [-0.25, -0.2) is 13.6 Å². The lowest BCUT2D eigenvalue weighted by molar-refractivity contribution is -0.143. The van der Waals surface area contributed by atoms with Gasteiger partial charge in [0.2, 0.25) is 15.9 Å². The molecule has 1 heterocycles. The Kier molecular flexibility index (Phi) is 4.82. The summed E-state index contributed by atoms with van der Waals surface area (Å²) in [5.74, 6) is -0.723. The zero-order valence-corrected chi connectivity index (χ0v) is 12.9. The van der Waals surface area contributed by atoms with Gasteiger partial charge in [-0.05, 0) is 44.0 Å². The minimum absolute atomic E-state index is 0.0202. The number of hydrogen-bond acceptors (Lipinski definition) is 5. The summed E-state index contributed by atoms with van der Waals surface area (Å²) in [6.07, 6.45) is 1.18. The van der Waals surface area contributed by atoms with Crippen molar-refractivity contribution in [3.05, 3.63) is 24.3 Å². The number of sulfonamides is 1. The zero-order valence-electron chi connectivity index (χ0n) is 12.1. The molecule has 0 radical (unpaired) electrons. The number of benzene rings is 1. The molecule has 0 aliphatic carbocycles. The lowest BCUT2D eigenvalue weighted by Crippen LogP contribution is -2.16. The molecule has 0 bridgehead atoms. The highest BCUT2D eigenvalue weighted by Crippen LogP contribution is 2.25. The van der Waals surface area contributed by atoms with Gasteiger partial charge in [0, 0.05) is 12.1 Å². The molecule has 2 rings (SSSR count). The largest absolute Gasteiger partial charge is 0.462 e. The molecule has 0 spiro atoms. The van der Waals surface area contributed by atoms with Crippen molar-refractivity contribution in [2.75, 3.05) is 5.32 Å². The van der Waals surface area contributed by atoms with Gasteiger partial charge >= 0.3 is 5.97 Å². The van der Waals surface area contributed by atoms with E-state index in [1.807, 2.05) is 6.92 Å². The summed E-state index contributed by atoms with van der Waals surface area (Å²) in [5, 5.41) is 7.63. The third-order valence-corrected chi connectivity index (χ3v) is 4.38. The minimum atomic E-state index is -3.74. The average molecular weight is 326 g/mol. The maximum atomic E-state index is 11.8. The number of nitrogens with two attached hydrogens (primary N) is 1. The monoisotopic (exact) mass is 326 g/mol. The Morgan fingerprint density at radius 1 is 1.36 bits per heavy atom. The van der Waals surface area contributed by atoms with Gasteiger partial charge in [-0.1, -0.05) is 0 Å². The Morgan fingerprint density at radius 3 is 2.50 bits per heavy atom. The van der Waals surface area contributed by atoms with Gasteiger partial charge in [0.25, 0.3) is 0 Å². The molecule has 1 aromatic rings. The van der Waals surface area contributed by atoms with Crippen LogP contribution in [0.15, 0.2) is 29.2 Å². The van der Waals surface area contributed by atoms with Crippen LogP contribution in [0.4, 0.5) is 5.69 Å². The molecule has 1 aliphatic rings. The van der Waals surface area contributed by atoms with Crippen LogP contribution in [0.3, 0.4) is 0 Å². The summed E-state index contributed by atoms with van der Waals surface area (Å²) in [7, 11) is -3.74. The van der Waals surface area contributed by atoms with Crippen molar-refractivity contribution in [2.24, 2.45) is 11.1 Å². The van der Waals surface area contributed by atoms with Crippen molar-refractivity contribution in [1.82, 2.24) is 0 Å². The second-order valence-corrected chi connectivity index (χ2v) is 6.90. The normalized spacial score (nSPS) is 21.5. The number of cyclic esters (lactones) is 1. The van der Waals surface area contributed by atoms with Crippen molar-refractivity contribution in [3.63, 3.8) is 0 Å². The molecule has 1 saturated heterocycles. The second-order valence-electron chi connectivity index (χ2n) is 5.34. The Balaban J connectivity index is 1.86. The summed E-state index contributed by atoms with van der Waals surface area (Å²) in [6.45, 7) is 1.82. The van der Waals surface area contributed by atoms with Gasteiger partial charge in [0.1, 0.15) is 0 Å². The van der Waals surface area contributed by atoms with E-state index >= 15 is 0 Å². The minimum Gasteiger partial charge on any atom is -0.462 e. The topological polar surface area (TPSA) is 116 Å². The third kappa shape index (κ3) is 4.28. The molecule has 1 aromatic carbocycles. The highest BCUT2D eigenvalue weighted by molar-refractivity contribution is 7.89. The molecular formula is C14H18N2O5S. The van der Waals surface area contributed by atoms with E-state index in [4.69, 9.17) is 9.88 Å². The van der Waals surface area contributed by atoms with Gasteiger partial charge in [-0.15, -0.1) is 0 Å².